The van der Waals surface area contributed by atoms with E-state index in [-0.39, 0.29) is 0 Å². The average Bonchev–Trinajstić information content (AvgIpc) is 2.42. The van der Waals surface area contributed by atoms with Crippen molar-refractivity contribution in [2.75, 3.05) is 0 Å². The maximum atomic E-state index is 4.30. The van der Waals surface area contributed by atoms with Crippen LogP contribution in [0.5, 0.6) is 0 Å². The zero-order valence-electron chi connectivity index (χ0n) is 12.2. The van der Waals surface area contributed by atoms with Crippen LogP contribution in [-0.4, -0.2) is 4.98 Å². The standard InChI is InChI=1S/C12H15N.2C2H6/c1-5-11-7-6-8-13-12(11)10(4)9(2)3;2*1-2/h5-9H,1,4H2,2-3H3;2*1-2H3. The third-order valence-corrected chi connectivity index (χ3v) is 2.06. The fourth-order valence-corrected chi connectivity index (χ4v) is 1.12. The summed E-state index contributed by atoms with van der Waals surface area (Å²) in [5, 5.41) is 0. The molecule has 0 unspecified atom stereocenters. The lowest BCUT2D eigenvalue weighted by atomic mass is 9.98. The summed E-state index contributed by atoms with van der Waals surface area (Å²) in [6.45, 7) is 20.0. The van der Waals surface area contributed by atoms with E-state index in [9.17, 15) is 0 Å². The molecular formula is C16H27N. The first-order valence-electron chi connectivity index (χ1n) is 6.43. The largest absolute Gasteiger partial charge is 0.256 e. The van der Waals surface area contributed by atoms with Crippen molar-refractivity contribution in [3.63, 3.8) is 0 Å². The monoisotopic (exact) mass is 233 g/mol. The van der Waals surface area contributed by atoms with E-state index in [4.69, 9.17) is 0 Å². The molecule has 1 heteroatoms. The minimum atomic E-state index is 0.425. The molecule has 96 valence electrons. The Bertz CT molecular complexity index is 324. The molecule has 0 spiro atoms. The van der Waals surface area contributed by atoms with Gasteiger partial charge in [0.25, 0.3) is 0 Å². The normalized spacial score (nSPS) is 8.41. The van der Waals surface area contributed by atoms with Crippen molar-refractivity contribution in [2.24, 2.45) is 5.92 Å². The van der Waals surface area contributed by atoms with E-state index < -0.39 is 0 Å². The molecule has 17 heavy (non-hydrogen) atoms. The number of hydrogen-bond donors (Lipinski definition) is 0. The van der Waals surface area contributed by atoms with Crippen LogP contribution in [0.15, 0.2) is 31.5 Å². The summed E-state index contributed by atoms with van der Waals surface area (Å²) in [6.07, 6.45) is 3.60. The van der Waals surface area contributed by atoms with Gasteiger partial charge < -0.3 is 0 Å². The van der Waals surface area contributed by atoms with Gasteiger partial charge >= 0.3 is 0 Å². The smallest absolute Gasteiger partial charge is 0.0730 e. The molecule has 0 atom stereocenters. The van der Waals surface area contributed by atoms with Crippen molar-refractivity contribution in [3.8, 4) is 0 Å². The highest BCUT2D eigenvalue weighted by Crippen LogP contribution is 2.22. The van der Waals surface area contributed by atoms with Gasteiger partial charge in [-0.3, -0.25) is 4.98 Å². The van der Waals surface area contributed by atoms with Crippen LogP contribution in [0.3, 0.4) is 0 Å². The van der Waals surface area contributed by atoms with Crippen LogP contribution in [0.25, 0.3) is 11.6 Å². The molecule has 0 aliphatic carbocycles. The third kappa shape index (κ3) is 6.06. The van der Waals surface area contributed by atoms with E-state index in [1.54, 1.807) is 6.20 Å². The first-order valence-corrected chi connectivity index (χ1v) is 6.43. The van der Waals surface area contributed by atoms with Crippen LogP contribution in [0, 0.1) is 5.92 Å². The van der Waals surface area contributed by atoms with E-state index >= 15 is 0 Å². The fourth-order valence-electron chi connectivity index (χ4n) is 1.12. The van der Waals surface area contributed by atoms with E-state index in [0.717, 1.165) is 16.8 Å². The summed E-state index contributed by atoms with van der Waals surface area (Å²) in [5.74, 6) is 0.425. The molecule has 0 radical (unpaired) electrons. The fraction of sp³-hybridized carbons (Fsp3) is 0.438. The molecular weight excluding hydrogens is 206 g/mol. The number of aromatic nitrogens is 1. The molecule has 1 rings (SSSR count). The van der Waals surface area contributed by atoms with Gasteiger partial charge in [-0.25, -0.2) is 0 Å². The topological polar surface area (TPSA) is 12.9 Å². The lowest BCUT2D eigenvalue weighted by Crippen LogP contribution is -1.97. The Morgan fingerprint density at radius 1 is 1.24 bits per heavy atom. The molecule has 1 aromatic rings. The van der Waals surface area contributed by atoms with Crippen LogP contribution in [0.2, 0.25) is 0 Å². The van der Waals surface area contributed by atoms with Crippen LogP contribution < -0.4 is 0 Å². The number of hydrogen-bond acceptors (Lipinski definition) is 1. The van der Waals surface area contributed by atoms with Gasteiger partial charge in [-0.1, -0.05) is 66.8 Å². The van der Waals surface area contributed by atoms with Gasteiger partial charge in [-0.15, -0.1) is 0 Å². The van der Waals surface area contributed by atoms with Crippen LogP contribution in [0.4, 0.5) is 0 Å². The molecule has 0 bridgehead atoms. The highest BCUT2D eigenvalue weighted by Gasteiger charge is 2.07. The Hall–Kier alpha value is -1.37. The van der Waals surface area contributed by atoms with E-state index in [2.05, 4.69) is 32.0 Å². The number of pyridine rings is 1. The Labute approximate surface area is 107 Å². The van der Waals surface area contributed by atoms with E-state index in [0.29, 0.717) is 5.92 Å². The maximum absolute atomic E-state index is 4.30. The minimum Gasteiger partial charge on any atom is -0.256 e. The minimum absolute atomic E-state index is 0.425. The van der Waals surface area contributed by atoms with Crippen LogP contribution in [-0.2, 0) is 0 Å². The first-order chi connectivity index (χ1) is 8.16. The first kappa shape index (κ1) is 18.0. The molecule has 0 N–H and O–H groups in total. The molecule has 1 aromatic heterocycles. The molecule has 0 saturated heterocycles. The van der Waals surface area contributed by atoms with Crippen molar-refractivity contribution in [3.05, 3.63) is 42.7 Å². The van der Waals surface area contributed by atoms with Crippen molar-refractivity contribution < 1.29 is 0 Å². The van der Waals surface area contributed by atoms with Gasteiger partial charge in [0.05, 0.1) is 5.69 Å². The molecule has 0 aliphatic rings. The second kappa shape index (κ2) is 11.1. The van der Waals surface area contributed by atoms with Gasteiger partial charge in [0.2, 0.25) is 0 Å². The Morgan fingerprint density at radius 3 is 2.18 bits per heavy atom. The predicted octanol–water partition coefficient (Wildman–Crippen LogP) is 5.45. The third-order valence-electron chi connectivity index (χ3n) is 2.06. The van der Waals surface area contributed by atoms with E-state index in [1.165, 1.54) is 0 Å². The molecule has 0 aromatic carbocycles. The maximum Gasteiger partial charge on any atom is 0.0730 e. The highest BCUT2D eigenvalue weighted by molar-refractivity contribution is 5.70. The zero-order valence-corrected chi connectivity index (χ0v) is 12.2. The molecule has 1 heterocycles. The molecule has 1 nitrogen and oxygen atoms in total. The van der Waals surface area contributed by atoms with Crippen molar-refractivity contribution in [2.45, 2.75) is 41.5 Å². The average molecular weight is 233 g/mol. The van der Waals surface area contributed by atoms with Crippen molar-refractivity contribution in [1.29, 1.82) is 0 Å². The quantitative estimate of drug-likeness (QED) is 0.677. The van der Waals surface area contributed by atoms with Crippen molar-refractivity contribution >= 4 is 11.6 Å². The summed E-state index contributed by atoms with van der Waals surface area (Å²) >= 11 is 0. The summed E-state index contributed by atoms with van der Waals surface area (Å²) in [4.78, 5) is 4.30. The summed E-state index contributed by atoms with van der Waals surface area (Å²) in [7, 11) is 0. The summed E-state index contributed by atoms with van der Waals surface area (Å²) in [6, 6.07) is 3.91. The lowest BCUT2D eigenvalue weighted by Gasteiger charge is -2.10. The number of nitrogens with zero attached hydrogens (tertiary/aromatic N) is 1. The number of rotatable bonds is 3. The van der Waals surface area contributed by atoms with Crippen LogP contribution in [0.1, 0.15) is 52.8 Å². The van der Waals surface area contributed by atoms with Gasteiger partial charge in [0, 0.05) is 6.20 Å². The second-order valence-electron chi connectivity index (χ2n) is 3.33. The van der Waals surface area contributed by atoms with Crippen molar-refractivity contribution in [1.82, 2.24) is 4.98 Å². The Morgan fingerprint density at radius 2 is 1.76 bits per heavy atom. The zero-order chi connectivity index (χ0) is 13.8. The Balaban J connectivity index is 0. The van der Waals surface area contributed by atoms with E-state index in [1.807, 2.05) is 45.9 Å². The van der Waals surface area contributed by atoms with Gasteiger partial charge in [0.15, 0.2) is 0 Å². The van der Waals surface area contributed by atoms with Crippen LogP contribution >= 0.6 is 0 Å². The lowest BCUT2D eigenvalue weighted by molar-refractivity contribution is 0.850. The summed E-state index contributed by atoms with van der Waals surface area (Å²) < 4.78 is 0. The van der Waals surface area contributed by atoms with Gasteiger partial charge in [0.1, 0.15) is 0 Å². The Kier molecular flexibility index (Phi) is 11.8. The summed E-state index contributed by atoms with van der Waals surface area (Å²) in [5.41, 5.74) is 3.09. The predicted molar refractivity (Wildman–Crippen MR) is 80.9 cm³/mol. The van der Waals surface area contributed by atoms with Gasteiger partial charge in [-0.05, 0) is 23.1 Å². The highest BCUT2D eigenvalue weighted by atomic mass is 14.7. The second-order valence-corrected chi connectivity index (χ2v) is 3.33. The molecule has 0 fully saturated rings. The molecule has 0 aliphatic heterocycles. The molecule has 0 saturated carbocycles. The molecule has 0 amide bonds. The SMILES string of the molecule is C=Cc1cccnc1C(=C)C(C)C.CC.CC. The van der Waals surface area contributed by atoms with Gasteiger partial charge in [-0.2, -0.15) is 0 Å². The number of allylic oxidation sites excluding steroid dienone is 1.